The van der Waals surface area contributed by atoms with Gasteiger partial charge >= 0.3 is 0 Å². The summed E-state index contributed by atoms with van der Waals surface area (Å²) in [4.78, 5) is 14.9. The number of carbonyl (C=O) groups is 1. The summed E-state index contributed by atoms with van der Waals surface area (Å²) >= 11 is 1.69. The van der Waals surface area contributed by atoms with Crippen LogP contribution in [-0.2, 0) is 11.3 Å². The van der Waals surface area contributed by atoms with Crippen molar-refractivity contribution in [2.45, 2.75) is 38.8 Å². The van der Waals surface area contributed by atoms with E-state index in [-0.39, 0.29) is 18.4 Å². The lowest BCUT2D eigenvalue weighted by atomic mass is 9.93. The predicted octanol–water partition coefficient (Wildman–Crippen LogP) is 1.57. The first kappa shape index (κ1) is 16.0. The average Bonchev–Trinajstić information content (AvgIpc) is 2.89. The van der Waals surface area contributed by atoms with Crippen LogP contribution in [0.4, 0.5) is 0 Å². The van der Waals surface area contributed by atoms with E-state index in [0.29, 0.717) is 12.5 Å². The van der Waals surface area contributed by atoms with E-state index in [1.54, 1.807) is 11.3 Å². The van der Waals surface area contributed by atoms with E-state index in [4.69, 9.17) is 10.8 Å². The normalized spacial score (nSPS) is 22.6. The molecule has 3 N–H and O–H groups in total. The molecule has 0 radical (unpaired) electrons. The molecule has 0 bridgehead atoms. The SMILES string of the molecule is CC1CCC(C(N)=O)CN1Cc1sccc1C#CCCO. The van der Waals surface area contributed by atoms with Gasteiger partial charge in [-0.05, 0) is 31.2 Å². The zero-order valence-electron chi connectivity index (χ0n) is 12.3. The van der Waals surface area contributed by atoms with Crippen LogP contribution in [0.5, 0.6) is 0 Å². The Morgan fingerprint density at radius 1 is 1.57 bits per heavy atom. The molecule has 4 nitrogen and oxygen atoms in total. The Hall–Kier alpha value is -1.35. The number of primary amides is 1. The number of amides is 1. The maximum Gasteiger partial charge on any atom is 0.221 e. The van der Waals surface area contributed by atoms with Crippen molar-refractivity contribution in [2.75, 3.05) is 13.2 Å². The molecule has 1 aliphatic heterocycles. The van der Waals surface area contributed by atoms with Crippen molar-refractivity contribution in [3.8, 4) is 11.8 Å². The molecule has 0 saturated carbocycles. The molecule has 114 valence electrons. The van der Waals surface area contributed by atoms with Gasteiger partial charge in [0.1, 0.15) is 0 Å². The number of piperidine rings is 1. The van der Waals surface area contributed by atoms with Gasteiger partial charge in [0, 0.05) is 36.0 Å². The van der Waals surface area contributed by atoms with E-state index in [9.17, 15) is 4.79 Å². The third-order valence-corrected chi connectivity index (χ3v) is 4.87. The van der Waals surface area contributed by atoms with Gasteiger partial charge in [-0.2, -0.15) is 0 Å². The fourth-order valence-electron chi connectivity index (χ4n) is 2.60. The van der Waals surface area contributed by atoms with E-state index >= 15 is 0 Å². The molecule has 21 heavy (non-hydrogen) atoms. The highest BCUT2D eigenvalue weighted by atomic mass is 32.1. The lowest BCUT2D eigenvalue weighted by molar-refractivity contribution is -0.124. The minimum absolute atomic E-state index is 0.0370. The number of hydrogen-bond donors (Lipinski definition) is 2. The molecule has 1 aliphatic rings. The minimum atomic E-state index is -0.193. The summed E-state index contributed by atoms with van der Waals surface area (Å²) in [6.45, 7) is 3.83. The Kier molecular flexibility index (Phi) is 5.80. The largest absolute Gasteiger partial charge is 0.395 e. The van der Waals surface area contributed by atoms with E-state index in [1.807, 2.05) is 11.4 Å². The maximum absolute atomic E-state index is 11.4. The lowest BCUT2D eigenvalue weighted by Gasteiger charge is -2.36. The number of aliphatic hydroxyl groups is 1. The van der Waals surface area contributed by atoms with Gasteiger partial charge in [0.15, 0.2) is 0 Å². The fourth-order valence-corrected chi connectivity index (χ4v) is 3.46. The van der Waals surface area contributed by atoms with Crippen molar-refractivity contribution in [3.05, 3.63) is 21.9 Å². The van der Waals surface area contributed by atoms with Crippen LogP contribution in [0.2, 0.25) is 0 Å². The van der Waals surface area contributed by atoms with Crippen LogP contribution in [0.25, 0.3) is 0 Å². The zero-order chi connectivity index (χ0) is 15.2. The molecule has 0 aromatic carbocycles. The first-order valence-electron chi connectivity index (χ1n) is 7.31. The molecule has 1 saturated heterocycles. The van der Waals surface area contributed by atoms with Gasteiger partial charge in [-0.1, -0.05) is 11.8 Å². The summed E-state index contributed by atoms with van der Waals surface area (Å²) in [7, 11) is 0. The van der Waals surface area contributed by atoms with Crippen LogP contribution in [-0.4, -0.2) is 35.1 Å². The summed E-state index contributed by atoms with van der Waals surface area (Å²) in [6, 6.07) is 2.48. The second-order valence-corrected chi connectivity index (χ2v) is 6.49. The zero-order valence-corrected chi connectivity index (χ0v) is 13.2. The molecule has 0 spiro atoms. The number of rotatable bonds is 4. The van der Waals surface area contributed by atoms with Gasteiger partial charge < -0.3 is 10.8 Å². The Bertz CT molecular complexity index is 544. The van der Waals surface area contributed by atoms with E-state index in [0.717, 1.165) is 31.5 Å². The van der Waals surface area contributed by atoms with Gasteiger partial charge in [0.25, 0.3) is 0 Å². The van der Waals surface area contributed by atoms with E-state index < -0.39 is 0 Å². The van der Waals surface area contributed by atoms with Gasteiger partial charge in [0.2, 0.25) is 5.91 Å². The highest BCUT2D eigenvalue weighted by Gasteiger charge is 2.29. The Morgan fingerprint density at radius 3 is 3.10 bits per heavy atom. The highest BCUT2D eigenvalue weighted by molar-refractivity contribution is 7.10. The van der Waals surface area contributed by atoms with Gasteiger partial charge in [-0.3, -0.25) is 9.69 Å². The maximum atomic E-state index is 11.4. The number of thiophene rings is 1. The molecule has 0 aliphatic carbocycles. The molecule has 2 unspecified atom stereocenters. The molecule has 2 rings (SSSR count). The van der Waals surface area contributed by atoms with Crippen molar-refractivity contribution in [3.63, 3.8) is 0 Å². The minimum Gasteiger partial charge on any atom is -0.395 e. The van der Waals surface area contributed by atoms with Crippen molar-refractivity contribution in [2.24, 2.45) is 11.7 Å². The van der Waals surface area contributed by atoms with Crippen LogP contribution in [0.1, 0.15) is 36.6 Å². The summed E-state index contributed by atoms with van der Waals surface area (Å²) in [5.74, 6) is 5.85. The Balaban J connectivity index is 2.05. The van der Waals surface area contributed by atoms with Crippen molar-refractivity contribution >= 4 is 17.2 Å². The number of aliphatic hydroxyl groups excluding tert-OH is 1. The molecule has 2 atom stereocenters. The summed E-state index contributed by atoms with van der Waals surface area (Å²) < 4.78 is 0. The van der Waals surface area contributed by atoms with Crippen molar-refractivity contribution in [1.29, 1.82) is 0 Å². The molecule has 1 aromatic heterocycles. The average molecular weight is 306 g/mol. The molecular formula is C16H22N2O2S. The smallest absolute Gasteiger partial charge is 0.221 e. The topological polar surface area (TPSA) is 66.6 Å². The Morgan fingerprint density at radius 2 is 2.38 bits per heavy atom. The fraction of sp³-hybridized carbons (Fsp3) is 0.562. The molecule has 1 fully saturated rings. The van der Waals surface area contributed by atoms with Crippen LogP contribution in [0, 0.1) is 17.8 Å². The Labute approximate surface area is 129 Å². The van der Waals surface area contributed by atoms with Crippen LogP contribution >= 0.6 is 11.3 Å². The second kappa shape index (κ2) is 7.60. The van der Waals surface area contributed by atoms with E-state index in [2.05, 4.69) is 23.7 Å². The number of nitrogens with two attached hydrogens (primary N) is 1. The van der Waals surface area contributed by atoms with Gasteiger partial charge in [0.05, 0.1) is 12.5 Å². The van der Waals surface area contributed by atoms with Crippen LogP contribution < -0.4 is 5.73 Å². The number of carbonyl (C=O) groups excluding carboxylic acids is 1. The standard InChI is InChI=1S/C16H22N2O2S/c1-12-5-6-14(16(17)20)10-18(12)11-15-13(7-9-21-15)4-2-3-8-19/h7,9,12,14,19H,3,5-6,8,10-11H2,1H3,(H2,17,20). The predicted molar refractivity (Wildman–Crippen MR) is 84.7 cm³/mol. The number of hydrogen-bond acceptors (Lipinski definition) is 4. The highest BCUT2D eigenvalue weighted by Crippen LogP contribution is 2.26. The quantitative estimate of drug-likeness (QED) is 0.830. The molecule has 2 heterocycles. The summed E-state index contributed by atoms with van der Waals surface area (Å²) in [5, 5.41) is 10.8. The molecule has 1 amide bonds. The summed E-state index contributed by atoms with van der Waals surface area (Å²) in [6.07, 6.45) is 2.39. The first-order valence-corrected chi connectivity index (χ1v) is 8.19. The van der Waals surface area contributed by atoms with Crippen LogP contribution in [0.15, 0.2) is 11.4 Å². The summed E-state index contributed by atoms with van der Waals surface area (Å²) in [5.41, 5.74) is 6.48. The third-order valence-electron chi connectivity index (χ3n) is 3.97. The van der Waals surface area contributed by atoms with E-state index in [1.165, 1.54) is 4.88 Å². The lowest BCUT2D eigenvalue weighted by Crippen LogP contribution is -2.45. The third kappa shape index (κ3) is 4.31. The molecule has 1 aromatic rings. The van der Waals surface area contributed by atoms with Gasteiger partial charge in [-0.25, -0.2) is 0 Å². The second-order valence-electron chi connectivity index (χ2n) is 5.49. The van der Waals surface area contributed by atoms with Crippen molar-refractivity contribution in [1.82, 2.24) is 4.90 Å². The molecule has 5 heteroatoms. The monoisotopic (exact) mass is 306 g/mol. The number of nitrogens with zero attached hydrogens (tertiary/aromatic N) is 1. The van der Waals surface area contributed by atoms with Crippen LogP contribution in [0.3, 0.4) is 0 Å². The van der Waals surface area contributed by atoms with Gasteiger partial charge in [-0.15, -0.1) is 11.3 Å². The molecular weight excluding hydrogens is 284 g/mol. The van der Waals surface area contributed by atoms with Crippen molar-refractivity contribution < 1.29 is 9.90 Å². The number of likely N-dealkylation sites (tertiary alicyclic amines) is 1. The first-order chi connectivity index (χ1) is 10.1.